The first kappa shape index (κ1) is 14.9. The summed E-state index contributed by atoms with van der Waals surface area (Å²) in [6.07, 6.45) is 2.18. The minimum atomic E-state index is 0.286. The van der Waals surface area contributed by atoms with Crippen molar-refractivity contribution in [1.29, 1.82) is 0 Å². The highest BCUT2D eigenvalue weighted by Crippen LogP contribution is 2.42. The zero-order valence-electron chi connectivity index (χ0n) is 12.9. The van der Waals surface area contributed by atoms with Crippen molar-refractivity contribution in [2.45, 2.75) is 46.2 Å². The summed E-state index contributed by atoms with van der Waals surface area (Å²) in [5.41, 5.74) is 2.95. The van der Waals surface area contributed by atoms with Gasteiger partial charge in [-0.25, -0.2) is 0 Å². The third-order valence-corrected chi connectivity index (χ3v) is 4.73. The predicted octanol–water partition coefficient (Wildman–Crippen LogP) is 5.15. The van der Waals surface area contributed by atoms with Crippen LogP contribution in [0.1, 0.15) is 49.0 Å². The second kappa shape index (κ2) is 5.62. The Morgan fingerprint density at radius 1 is 1.29 bits per heavy atom. The van der Waals surface area contributed by atoms with E-state index in [1.54, 1.807) is 0 Å². The minimum Gasteiger partial charge on any atom is -0.466 e. The van der Waals surface area contributed by atoms with Crippen LogP contribution in [0.3, 0.4) is 0 Å². The van der Waals surface area contributed by atoms with Gasteiger partial charge in [0.1, 0.15) is 11.5 Å². The van der Waals surface area contributed by atoms with Gasteiger partial charge in [0.2, 0.25) is 0 Å². The van der Waals surface area contributed by atoms with E-state index in [-0.39, 0.29) is 5.41 Å². The van der Waals surface area contributed by atoms with Gasteiger partial charge in [0.25, 0.3) is 0 Å². The summed E-state index contributed by atoms with van der Waals surface area (Å²) in [4.78, 5) is 0. The van der Waals surface area contributed by atoms with Crippen molar-refractivity contribution in [3.05, 3.63) is 57.5 Å². The molecule has 0 radical (unpaired) electrons. The maximum atomic E-state index is 5.89. The van der Waals surface area contributed by atoms with E-state index in [0.717, 1.165) is 35.4 Å². The van der Waals surface area contributed by atoms with E-state index in [2.05, 4.69) is 65.4 Å². The number of halogens is 1. The van der Waals surface area contributed by atoms with Gasteiger partial charge in [-0.05, 0) is 42.5 Å². The van der Waals surface area contributed by atoms with Crippen molar-refractivity contribution in [2.75, 3.05) is 0 Å². The van der Waals surface area contributed by atoms with Crippen molar-refractivity contribution < 1.29 is 4.42 Å². The molecule has 1 aliphatic carbocycles. The Morgan fingerprint density at radius 2 is 2.00 bits per heavy atom. The first-order chi connectivity index (χ1) is 9.93. The fraction of sp³-hybridized carbons (Fsp3) is 0.444. The Morgan fingerprint density at radius 3 is 2.71 bits per heavy atom. The molecule has 1 aromatic carbocycles. The van der Waals surface area contributed by atoms with Crippen LogP contribution in [0.25, 0.3) is 0 Å². The summed E-state index contributed by atoms with van der Waals surface area (Å²) in [6, 6.07) is 11.1. The Balaban J connectivity index is 1.76. The standard InChI is InChI=1S/C18H22BrNO/c1-12-8-15-16(9-18(2,3)10-17(15)21-12)20-11-13-4-6-14(19)7-5-13/h4-8,16,20H,9-11H2,1-3H3. The van der Waals surface area contributed by atoms with E-state index in [4.69, 9.17) is 4.42 Å². The molecule has 1 heterocycles. The third-order valence-electron chi connectivity index (χ3n) is 4.20. The van der Waals surface area contributed by atoms with Gasteiger partial charge in [0.15, 0.2) is 0 Å². The van der Waals surface area contributed by atoms with Crippen LogP contribution in [0, 0.1) is 12.3 Å². The number of fused-ring (bicyclic) bond motifs is 1. The molecule has 0 amide bonds. The molecule has 1 unspecified atom stereocenters. The van der Waals surface area contributed by atoms with Crippen LogP contribution < -0.4 is 5.32 Å². The SMILES string of the molecule is Cc1cc2c(o1)CC(C)(C)CC2NCc1ccc(Br)cc1. The highest BCUT2D eigenvalue weighted by molar-refractivity contribution is 9.10. The van der Waals surface area contributed by atoms with E-state index in [0.29, 0.717) is 6.04 Å². The second-order valence-electron chi connectivity index (χ2n) is 6.84. The first-order valence-corrected chi connectivity index (χ1v) is 8.29. The molecule has 2 nitrogen and oxygen atoms in total. The number of aryl methyl sites for hydroxylation is 1. The highest BCUT2D eigenvalue weighted by Gasteiger charge is 2.34. The number of furan rings is 1. The molecule has 1 N–H and O–H groups in total. The zero-order valence-corrected chi connectivity index (χ0v) is 14.5. The van der Waals surface area contributed by atoms with Gasteiger partial charge in [0.05, 0.1) is 0 Å². The quantitative estimate of drug-likeness (QED) is 0.829. The van der Waals surface area contributed by atoms with Crippen molar-refractivity contribution in [1.82, 2.24) is 5.32 Å². The minimum absolute atomic E-state index is 0.286. The van der Waals surface area contributed by atoms with Gasteiger partial charge >= 0.3 is 0 Å². The zero-order chi connectivity index (χ0) is 15.0. The molecular weight excluding hydrogens is 326 g/mol. The van der Waals surface area contributed by atoms with E-state index in [1.807, 2.05) is 6.92 Å². The molecule has 1 aliphatic rings. The molecule has 0 fully saturated rings. The number of nitrogens with one attached hydrogen (secondary N) is 1. The average Bonchev–Trinajstić information content (AvgIpc) is 2.76. The fourth-order valence-corrected chi connectivity index (χ4v) is 3.47. The lowest BCUT2D eigenvalue weighted by atomic mass is 9.74. The molecule has 2 aromatic rings. The lowest BCUT2D eigenvalue weighted by Crippen LogP contribution is -2.32. The summed E-state index contributed by atoms with van der Waals surface area (Å²) < 4.78 is 7.02. The highest BCUT2D eigenvalue weighted by atomic mass is 79.9. The van der Waals surface area contributed by atoms with Gasteiger partial charge in [-0.2, -0.15) is 0 Å². The van der Waals surface area contributed by atoms with Gasteiger partial charge in [-0.1, -0.05) is 41.9 Å². The molecule has 0 saturated heterocycles. The average molecular weight is 348 g/mol. The van der Waals surface area contributed by atoms with Crippen molar-refractivity contribution in [3.63, 3.8) is 0 Å². The van der Waals surface area contributed by atoms with E-state index < -0.39 is 0 Å². The molecule has 0 saturated carbocycles. The topological polar surface area (TPSA) is 25.2 Å². The summed E-state index contributed by atoms with van der Waals surface area (Å²) in [7, 11) is 0. The van der Waals surface area contributed by atoms with Crippen LogP contribution >= 0.6 is 15.9 Å². The van der Waals surface area contributed by atoms with Gasteiger partial charge in [-0.3, -0.25) is 0 Å². The number of benzene rings is 1. The third kappa shape index (κ3) is 3.41. The van der Waals surface area contributed by atoms with Crippen LogP contribution in [0.15, 0.2) is 39.2 Å². The predicted molar refractivity (Wildman–Crippen MR) is 89.3 cm³/mol. The Labute approximate surface area is 135 Å². The van der Waals surface area contributed by atoms with Crippen LogP contribution in [0.4, 0.5) is 0 Å². The molecule has 0 bridgehead atoms. The monoisotopic (exact) mass is 347 g/mol. The first-order valence-electron chi connectivity index (χ1n) is 7.50. The number of hydrogen-bond acceptors (Lipinski definition) is 2. The van der Waals surface area contributed by atoms with Crippen molar-refractivity contribution in [2.24, 2.45) is 5.41 Å². The lowest BCUT2D eigenvalue weighted by Gasteiger charge is -2.35. The summed E-state index contributed by atoms with van der Waals surface area (Å²) in [6.45, 7) is 7.57. The molecule has 0 aliphatic heterocycles. The summed E-state index contributed by atoms with van der Waals surface area (Å²) in [5, 5.41) is 3.71. The maximum Gasteiger partial charge on any atom is 0.109 e. The van der Waals surface area contributed by atoms with Crippen molar-refractivity contribution in [3.8, 4) is 0 Å². The molecular formula is C18H22BrNO. The van der Waals surface area contributed by atoms with Crippen LogP contribution in [-0.4, -0.2) is 0 Å². The Kier molecular flexibility index (Phi) is 3.98. The normalized spacial score (nSPS) is 20.3. The van der Waals surface area contributed by atoms with Gasteiger partial charge in [-0.15, -0.1) is 0 Å². The van der Waals surface area contributed by atoms with Crippen LogP contribution in [0.5, 0.6) is 0 Å². The fourth-order valence-electron chi connectivity index (χ4n) is 3.21. The number of hydrogen-bond donors (Lipinski definition) is 1. The molecule has 3 rings (SSSR count). The van der Waals surface area contributed by atoms with Crippen molar-refractivity contribution >= 4 is 15.9 Å². The summed E-state index contributed by atoms with van der Waals surface area (Å²) >= 11 is 3.48. The van der Waals surface area contributed by atoms with Gasteiger partial charge in [0, 0.05) is 29.0 Å². The molecule has 112 valence electrons. The molecule has 21 heavy (non-hydrogen) atoms. The smallest absolute Gasteiger partial charge is 0.109 e. The van der Waals surface area contributed by atoms with Crippen LogP contribution in [-0.2, 0) is 13.0 Å². The second-order valence-corrected chi connectivity index (χ2v) is 7.76. The largest absolute Gasteiger partial charge is 0.466 e. The number of rotatable bonds is 3. The molecule has 0 spiro atoms. The van der Waals surface area contributed by atoms with Gasteiger partial charge < -0.3 is 9.73 Å². The Hall–Kier alpha value is -1.06. The maximum absolute atomic E-state index is 5.89. The van der Waals surface area contributed by atoms with E-state index in [9.17, 15) is 0 Å². The molecule has 3 heteroatoms. The lowest BCUT2D eigenvalue weighted by molar-refractivity contribution is 0.233. The van der Waals surface area contributed by atoms with E-state index >= 15 is 0 Å². The van der Waals surface area contributed by atoms with E-state index in [1.165, 1.54) is 11.1 Å². The Bertz CT molecular complexity index is 627. The molecule has 1 aromatic heterocycles. The molecule has 1 atom stereocenters. The summed E-state index contributed by atoms with van der Waals surface area (Å²) in [5.74, 6) is 2.19. The van der Waals surface area contributed by atoms with Crippen LogP contribution in [0.2, 0.25) is 0 Å².